The molecule has 0 fully saturated rings. The van der Waals surface area contributed by atoms with Crippen LogP contribution >= 0.6 is 0 Å². The first kappa shape index (κ1) is 10.4. The van der Waals surface area contributed by atoms with E-state index in [1.165, 1.54) is 0 Å². The first-order chi connectivity index (χ1) is 7.68. The van der Waals surface area contributed by atoms with Gasteiger partial charge >= 0.3 is 0 Å². The summed E-state index contributed by atoms with van der Waals surface area (Å²) in [6.07, 6.45) is 1.64. The molecule has 0 radical (unpaired) electrons. The number of hydrogen-bond donors (Lipinski definition) is 1. The standard InChI is InChI=1S/C12H14N4/c1-16(2)10-5-3-9(4-6-10)11-7-8-14-15-12(11)13/h3-8H,1-2H3,(H2,13,15). The number of anilines is 2. The van der Waals surface area contributed by atoms with Gasteiger partial charge < -0.3 is 10.6 Å². The summed E-state index contributed by atoms with van der Waals surface area (Å²) in [4.78, 5) is 2.05. The van der Waals surface area contributed by atoms with Crippen LogP contribution in [0, 0.1) is 0 Å². The van der Waals surface area contributed by atoms with E-state index >= 15 is 0 Å². The first-order valence-electron chi connectivity index (χ1n) is 5.03. The number of hydrogen-bond acceptors (Lipinski definition) is 4. The van der Waals surface area contributed by atoms with Crippen molar-refractivity contribution in [2.75, 3.05) is 24.7 Å². The maximum atomic E-state index is 5.77. The summed E-state index contributed by atoms with van der Waals surface area (Å²) < 4.78 is 0. The van der Waals surface area contributed by atoms with Gasteiger partial charge in [0.2, 0.25) is 0 Å². The number of rotatable bonds is 2. The molecule has 0 saturated carbocycles. The van der Waals surface area contributed by atoms with Crippen molar-refractivity contribution in [2.45, 2.75) is 0 Å². The summed E-state index contributed by atoms with van der Waals surface area (Å²) in [6, 6.07) is 10.0. The van der Waals surface area contributed by atoms with Gasteiger partial charge in [0.15, 0.2) is 5.82 Å². The molecule has 1 aromatic carbocycles. The predicted molar refractivity (Wildman–Crippen MR) is 66.2 cm³/mol. The Morgan fingerprint density at radius 2 is 1.75 bits per heavy atom. The molecule has 1 heterocycles. The Bertz CT molecular complexity index is 477. The number of nitrogens with two attached hydrogens (primary N) is 1. The summed E-state index contributed by atoms with van der Waals surface area (Å²) in [5, 5.41) is 7.56. The molecular formula is C12H14N4. The molecule has 0 bridgehead atoms. The quantitative estimate of drug-likeness (QED) is 0.828. The molecule has 2 rings (SSSR count). The summed E-state index contributed by atoms with van der Waals surface area (Å²) in [5.41, 5.74) is 8.89. The van der Waals surface area contributed by atoms with Crippen LogP contribution in [0.3, 0.4) is 0 Å². The van der Waals surface area contributed by atoms with Crippen molar-refractivity contribution < 1.29 is 0 Å². The highest BCUT2D eigenvalue weighted by molar-refractivity contribution is 5.74. The summed E-state index contributed by atoms with van der Waals surface area (Å²) >= 11 is 0. The van der Waals surface area contributed by atoms with E-state index in [2.05, 4.69) is 27.2 Å². The minimum absolute atomic E-state index is 0.458. The van der Waals surface area contributed by atoms with E-state index in [-0.39, 0.29) is 0 Å². The van der Waals surface area contributed by atoms with E-state index in [4.69, 9.17) is 5.73 Å². The lowest BCUT2D eigenvalue weighted by atomic mass is 10.1. The Labute approximate surface area is 94.7 Å². The highest BCUT2D eigenvalue weighted by Gasteiger charge is 2.03. The Morgan fingerprint density at radius 3 is 2.31 bits per heavy atom. The first-order valence-corrected chi connectivity index (χ1v) is 5.03. The van der Waals surface area contributed by atoms with Crippen molar-refractivity contribution in [1.29, 1.82) is 0 Å². The van der Waals surface area contributed by atoms with Gasteiger partial charge in [-0.05, 0) is 23.8 Å². The minimum atomic E-state index is 0.458. The van der Waals surface area contributed by atoms with Crippen molar-refractivity contribution in [1.82, 2.24) is 10.2 Å². The molecule has 1 aromatic heterocycles. The van der Waals surface area contributed by atoms with Gasteiger partial charge in [-0.25, -0.2) is 0 Å². The minimum Gasteiger partial charge on any atom is -0.382 e. The fraction of sp³-hybridized carbons (Fsp3) is 0.167. The van der Waals surface area contributed by atoms with Gasteiger partial charge in [0.25, 0.3) is 0 Å². The zero-order valence-electron chi connectivity index (χ0n) is 9.38. The van der Waals surface area contributed by atoms with E-state index in [0.29, 0.717) is 5.82 Å². The van der Waals surface area contributed by atoms with Crippen molar-refractivity contribution >= 4 is 11.5 Å². The van der Waals surface area contributed by atoms with E-state index in [9.17, 15) is 0 Å². The van der Waals surface area contributed by atoms with Crippen LogP contribution in [-0.2, 0) is 0 Å². The number of nitrogen functional groups attached to an aromatic ring is 1. The van der Waals surface area contributed by atoms with Gasteiger partial charge in [0, 0.05) is 25.3 Å². The monoisotopic (exact) mass is 214 g/mol. The van der Waals surface area contributed by atoms with Gasteiger partial charge in [-0.15, -0.1) is 5.10 Å². The van der Waals surface area contributed by atoms with E-state index in [0.717, 1.165) is 16.8 Å². The van der Waals surface area contributed by atoms with Crippen molar-refractivity contribution in [3.05, 3.63) is 36.5 Å². The van der Waals surface area contributed by atoms with Gasteiger partial charge in [0.1, 0.15) is 0 Å². The van der Waals surface area contributed by atoms with Gasteiger partial charge in [0.05, 0.1) is 6.20 Å². The number of benzene rings is 1. The van der Waals surface area contributed by atoms with E-state index in [1.807, 2.05) is 32.3 Å². The fourth-order valence-corrected chi connectivity index (χ4v) is 1.53. The highest BCUT2D eigenvalue weighted by Crippen LogP contribution is 2.25. The average molecular weight is 214 g/mol. The maximum absolute atomic E-state index is 5.77. The molecule has 0 aliphatic rings. The predicted octanol–water partition coefficient (Wildman–Crippen LogP) is 1.79. The third kappa shape index (κ3) is 1.95. The zero-order valence-corrected chi connectivity index (χ0v) is 9.38. The van der Waals surface area contributed by atoms with Crippen LogP contribution in [0.15, 0.2) is 36.5 Å². The van der Waals surface area contributed by atoms with Crippen molar-refractivity contribution in [2.24, 2.45) is 0 Å². The Hall–Kier alpha value is -2.10. The Morgan fingerprint density at radius 1 is 1.06 bits per heavy atom. The lowest BCUT2D eigenvalue weighted by molar-refractivity contribution is 1.04. The van der Waals surface area contributed by atoms with E-state index < -0.39 is 0 Å². The molecule has 82 valence electrons. The fourth-order valence-electron chi connectivity index (χ4n) is 1.53. The molecular weight excluding hydrogens is 200 g/mol. The molecule has 0 amide bonds. The van der Waals surface area contributed by atoms with Gasteiger partial charge in [-0.2, -0.15) is 5.10 Å². The van der Waals surface area contributed by atoms with Crippen LogP contribution in [0.5, 0.6) is 0 Å². The molecule has 4 nitrogen and oxygen atoms in total. The number of nitrogens with zero attached hydrogens (tertiary/aromatic N) is 3. The molecule has 0 atom stereocenters. The van der Waals surface area contributed by atoms with Gasteiger partial charge in [-0.3, -0.25) is 0 Å². The van der Waals surface area contributed by atoms with Crippen LogP contribution in [0.2, 0.25) is 0 Å². The molecule has 0 aliphatic carbocycles. The molecule has 16 heavy (non-hydrogen) atoms. The lowest BCUT2D eigenvalue weighted by Gasteiger charge is -2.12. The second kappa shape index (κ2) is 4.18. The Balaban J connectivity index is 2.39. The third-order valence-corrected chi connectivity index (χ3v) is 2.44. The van der Waals surface area contributed by atoms with Crippen LogP contribution in [0.4, 0.5) is 11.5 Å². The molecule has 2 N–H and O–H groups in total. The zero-order chi connectivity index (χ0) is 11.5. The molecule has 4 heteroatoms. The van der Waals surface area contributed by atoms with Crippen molar-refractivity contribution in [3.8, 4) is 11.1 Å². The highest BCUT2D eigenvalue weighted by atomic mass is 15.1. The van der Waals surface area contributed by atoms with Crippen LogP contribution in [0.25, 0.3) is 11.1 Å². The summed E-state index contributed by atoms with van der Waals surface area (Å²) in [6.45, 7) is 0. The average Bonchev–Trinajstić information content (AvgIpc) is 2.30. The summed E-state index contributed by atoms with van der Waals surface area (Å²) in [5.74, 6) is 0.458. The second-order valence-electron chi connectivity index (χ2n) is 3.77. The molecule has 0 saturated heterocycles. The molecule has 0 aliphatic heterocycles. The third-order valence-electron chi connectivity index (χ3n) is 2.44. The second-order valence-corrected chi connectivity index (χ2v) is 3.77. The lowest BCUT2D eigenvalue weighted by Crippen LogP contribution is -2.08. The van der Waals surface area contributed by atoms with Crippen LogP contribution in [-0.4, -0.2) is 24.3 Å². The molecule has 2 aromatic rings. The van der Waals surface area contributed by atoms with Gasteiger partial charge in [-0.1, -0.05) is 12.1 Å². The summed E-state index contributed by atoms with van der Waals surface area (Å²) in [7, 11) is 4.02. The largest absolute Gasteiger partial charge is 0.382 e. The molecule has 0 spiro atoms. The van der Waals surface area contributed by atoms with Crippen LogP contribution < -0.4 is 10.6 Å². The number of aromatic nitrogens is 2. The smallest absolute Gasteiger partial charge is 0.153 e. The van der Waals surface area contributed by atoms with Crippen molar-refractivity contribution in [3.63, 3.8) is 0 Å². The topological polar surface area (TPSA) is 55.0 Å². The SMILES string of the molecule is CN(C)c1ccc(-c2ccnnc2N)cc1. The molecule has 0 unspecified atom stereocenters. The van der Waals surface area contributed by atoms with Crippen LogP contribution in [0.1, 0.15) is 0 Å². The normalized spacial score (nSPS) is 10.1. The maximum Gasteiger partial charge on any atom is 0.153 e. The van der Waals surface area contributed by atoms with E-state index in [1.54, 1.807) is 6.20 Å². The Kier molecular flexibility index (Phi) is 2.72.